The van der Waals surface area contributed by atoms with Gasteiger partial charge in [0.25, 0.3) is 0 Å². The fraction of sp³-hybridized carbons (Fsp3) is 0.286. The van der Waals surface area contributed by atoms with Crippen molar-refractivity contribution in [3.8, 4) is 5.75 Å². The SMILES string of the molecule is Cc1cccc(CN)c1OCCc1ccsc1. The van der Waals surface area contributed by atoms with Crippen LogP contribution in [0.25, 0.3) is 0 Å². The zero-order chi connectivity index (χ0) is 12.1. The molecule has 17 heavy (non-hydrogen) atoms. The largest absolute Gasteiger partial charge is 0.493 e. The van der Waals surface area contributed by atoms with Crippen LogP contribution in [0.15, 0.2) is 35.0 Å². The van der Waals surface area contributed by atoms with Crippen LogP contribution in [0.2, 0.25) is 0 Å². The maximum absolute atomic E-state index is 5.86. The summed E-state index contributed by atoms with van der Waals surface area (Å²) in [7, 11) is 0. The Kier molecular flexibility index (Phi) is 4.18. The summed E-state index contributed by atoms with van der Waals surface area (Å²) in [4.78, 5) is 0. The van der Waals surface area contributed by atoms with Crippen LogP contribution in [-0.2, 0) is 13.0 Å². The monoisotopic (exact) mass is 247 g/mol. The van der Waals surface area contributed by atoms with Gasteiger partial charge in [-0.25, -0.2) is 0 Å². The van der Waals surface area contributed by atoms with Crippen molar-refractivity contribution in [1.82, 2.24) is 0 Å². The summed E-state index contributed by atoms with van der Waals surface area (Å²) >= 11 is 1.72. The summed E-state index contributed by atoms with van der Waals surface area (Å²) < 4.78 is 5.86. The summed E-state index contributed by atoms with van der Waals surface area (Å²) in [5.74, 6) is 0.949. The van der Waals surface area contributed by atoms with Gasteiger partial charge in [-0.2, -0.15) is 11.3 Å². The standard InChI is InChI=1S/C14H17NOS/c1-11-3-2-4-13(9-15)14(11)16-7-5-12-6-8-17-10-12/h2-4,6,8,10H,5,7,9,15H2,1H3. The molecule has 0 bridgehead atoms. The van der Waals surface area contributed by atoms with Gasteiger partial charge in [0, 0.05) is 18.5 Å². The van der Waals surface area contributed by atoms with E-state index in [-0.39, 0.29) is 0 Å². The molecule has 0 amide bonds. The van der Waals surface area contributed by atoms with Crippen molar-refractivity contribution in [3.05, 3.63) is 51.7 Å². The average Bonchev–Trinajstić information content (AvgIpc) is 2.84. The number of thiophene rings is 1. The van der Waals surface area contributed by atoms with Gasteiger partial charge in [-0.3, -0.25) is 0 Å². The lowest BCUT2D eigenvalue weighted by Gasteiger charge is -2.12. The third-order valence-electron chi connectivity index (χ3n) is 2.73. The summed E-state index contributed by atoms with van der Waals surface area (Å²) in [5, 5.41) is 4.25. The Morgan fingerprint density at radius 1 is 1.29 bits per heavy atom. The molecule has 2 aromatic rings. The molecule has 0 fully saturated rings. The van der Waals surface area contributed by atoms with Crippen LogP contribution in [0, 0.1) is 6.92 Å². The van der Waals surface area contributed by atoms with E-state index in [2.05, 4.69) is 29.8 Å². The zero-order valence-corrected chi connectivity index (χ0v) is 10.8. The Morgan fingerprint density at radius 3 is 2.88 bits per heavy atom. The molecule has 0 saturated heterocycles. The van der Waals surface area contributed by atoms with E-state index >= 15 is 0 Å². The van der Waals surface area contributed by atoms with E-state index in [0.717, 1.165) is 23.3 Å². The second-order valence-electron chi connectivity index (χ2n) is 4.00. The molecular formula is C14H17NOS. The molecule has 3 heteroatoms. The van der Waals surface area contributed by atoms with Crippen LogP contribution in [0.1, 0.15) is 16.7 Å². The van der Waals surface area contributed by atoms with E-state index in [1.165, 1.54) is 5.56 Å². The smallest absolute Gasteiger partial charge is 0.126 e. The topological polar surface area (TPSA) is 35.2 Å². The third kappa shape index (κ3) is 3.08. The quantitative estimate of drug-likeness (QED) is 0.881. The van der Waals surface area contributed by atoms with Gasteiger partial charge in [-0.05, 0) is 34.9 Å². The minimum Gasteiger partial charge on any atom is -0.493 e. The normalized spacial score (nSPS) is 10.5. The number of nitrogens with two attached hydrogens (primary N) is 1. The Bertz CT molecular complexity index is 465. The highest BCUT2D eigenvalue weighted by molar-refractivity contribution is 7.07. The number of aryl methyl sites for hydroxylation is 1. The average molecular weight is 247 g/mol. The lowest BCUT2D eigenvalue weighted by molar-refractivity contribution is 0.316. The molecule has 0 saturated carbocycles. The molecule has 0 aliphatic rings. The molecular weight excluding hydrogens is 230 g/mol. The first-order valence-electron chi connectivity index (χ1n) is 5.73. The molecule has 1 heterocycles. The van der Waals surface area contributed by atoms with Gasteiger partial charge in [0.1, 0.15) is 5.75 Å². The summed E-state index contributed by atoms with van der Waals surface area (Å²) in [6.45, 7) is 3.28. The highest BCUT2D eigenvalue weighted by atomic mass is 32.1. The highest BCUT2D eigenvalue weighted by Gasteiger charge is 2.05. The molecule has 2 N–H and O–H groups in total. The van der Waals surface area contributed by atoms with E-state index in [0.29, 0.717) is 13.2 Å². The maximum Gasteiger partial charge on any atom is 0.126 e. The van der Waals surface area contributed by atoms with Crippen LogP contribution in [0.4, 0.5) is 0 Å². The Morgan fingerprint density at radius 2 is 2.18 bits per heavy atom. The van der Waals surface area contributed by atoms with Crippen LogP contribution >= 0.6 is 11.3 Å². The van der Waals surface area contributed by atoms with E-state index in [4.69, 9.17) is 10.5 Å². The van der Waals surface area contributed by atoms with Crippen LogP contribution < -0.4 is 10.5 Å². The zero-order valence-electron chi connectivity index (χ0n) is 9.98. The van der Waals surface area contributed by atoms with Gasteiger partial charge in [0.2, 0.25) is 0 Å². The second kappa shape index (κ2) is 5.84. The van der Waals surface area contributed by atoms with Gasteiger partial charge in [0.15, 0.2) is 0 Å². The minimum absolute atomic E-state index is 0.523. The van der Waals surface area contributed by atoms with Crippen molar-refractivity contribution < 1.29 is 4.74 Å². The molecule has 0 aliphatic heterocycles. The van der Waals surface area contributed by atoms with Crippen molar-refractivity contribution in [2.45, 2.75) is 19.9 Å². The summed E-state index contributed by atoms with van der Waals surface area (Å²) in [6, 6.07) is 8.23. The molecule has 0 atom stereocenters. The molecule has 1 aromatic heterocycles. The van der Waals surface area contributed by atoms with Crippen molar-refractivity contribution >= 4 is 11.3 Å². The van der Waals surface area contributed by atoms with Gasteiger partial charge in [-0.15, -0.1) is 0 Å². The van der Waals surface area contributed by atoms with Crippen LogP contribution in [0.5, 0.6) is 5.75 Å². The number of ether oxygens (including phenoxy) is 1. The molecule has 90 valence electrons. The van der Waals surface area contributed by atoms with Gasteiger partial charge in [-0.1, -0.05) is 18.2 Å². The minimum atomic E-state index is 0.523. The molecule has 0 unspecified atom stereocenters. The Labute approximate surface area is 106 Å². The van der Waals surface area contributed by atoms with Crippen LogP contribution in [0.3, 0.4) is 0 Å². The van der Waals surface area contributed by atoms with Gasteiger partial charge < -0.3 is 10.5 Å². The molecule has 0 aliphatic carbocycles. The predicted octanol–water partition coefficient (Wildman–Crippen LogP) is 3.14. The lowest BCUT2D eigenvalue weighted by atomic mass is 10.1. The molecule has 0 spiro atoms. The van der Waals surface area contributed by atoms with E-state index in [1.54, 1.807) is 11.3 Å². The van der Waals surface area contributed by atoms with Gasteiger partial charge >= 0.3 is 0 Å². The second-order valence-corrected chi connectivity index (χ2v) is 4.78. The molecule has 1 aromatic carbocycles. The number of benzene rings is 1. The third-order valence-corrected chi connectivity index (χ3v) is 3.46. The first kappa shape index (κ1) is 12.1. The lowest BCUT2D eigenvalue weighted by Crippen LogP contribution is -2.06. The molecule has 2 rings (SSSR count). The maximum atomic E-state index is 5.86. The number of hydrogen-bond donors (Lipinski definition) is 1. The van der Waals surface area contributed by atoms with Crippen molar-refractivity contribution in [1.29, 1.82) is 0 Å². The summed E-state index contributed by atoms with van der Waals surface area (Å²) in [6.07, 6.45) is 0.946. The Balaban J connectivity index is 1.98. The predicted molar refractivity (Wildman–Crippen MR) is 72.6 cm³/mol. The first-order chi connectivity index (χ1) is 8.31. The van der Waals surface area contributed by atoms with Crippen molar-refractivity contribution in [2.75, 3.05) is 6.61 Å². The number of para-hydroxylation sites is 1. The van der Waals surface area contributed by atoms with Gasteiger partial charge in [0.05, 0.1) is 6.61 Å². The van der Waals surface area contributed by atoms with E-state index in [9.17, 15) is 0 Å². The van der Waals surface area contributed by atoms with E-state index < -0.39 is 0 Å². The highest BCUT2D eigenvalue weighted by Crippen LogP contribution is 2.23. The summed E-state index contributed by atoms with van der Waals surface area (Å²) in [5.41, 5.74) is 9.27. The van der Waals surface area contributed by atoms with Crippen molar-refractivity contribution in [3.63, 3.8) is 0 Å². The fourth-order valence-electron chi connectivity index (χ4n) is 1.79. The number of hydrogen-bond acceptors (Lipinski definition) is 3. The fourth-order valence-corrected chi connectivity index (χ4v) is 2.49. The first-order valence-corrected chi connectivity index (χ1v) is 6.68. The molecule has 2 nitrogen and oxygen atoms in total. The van der Waals surface area contributed by atoms with Crippen LogP contribution in [-0.4, -0.2) is 6.61 Å². The Hall–Kier alpha value is -1.32. The number of rotatable bonds is 5. The van der Waals surface area contributed by atoms with E-state index in [1.807, 2.05) is 12.1 Å². The molecule has 0 radical (unpaired) electrons. The van der Waals surface area contributed by atoms with Crippen molar-refractivity contribution in [2.24, 2.45) is 5.73 Å².